The van der Waals surface area contributed by atoms with Crippen molar-refractivity contribution in [2.24, 2.45) is 5.10 Å². The molecule has 3 aromatic rings. The van der Waals surface area contributed by atoms with Crippen molar-refractivity contribution in [2.45, 2.75) is 20.4 Å². The van der Waals surface area contributed by atoms with Gasteiger partial charge in [-0.25, -0.2) is 0 Å². The van der Waals surface area contributed by atoms with E-state index in [0.717, 1.165) is 33.2 Å². The minimum atomic E-state index is 0.463. The molecule has 0 aliphatic rings. The van der Waals surface area contributed by atoms with Crippen molar-refractivity contribution in [3.63, 3.8) is 0 Å². The lowest BCUT2D eigenvalue weighted by Crippen LogP contribution is -2.07. The summed E-state index contributed by atoms with van der Waals surface area (Å²) in [7, 11) is 0. The van der Waals surface area contributed by atoms with Gasteiger partial charge in [0, 0.05) is 43.3 Å². The van der Waals surface area contributed by atoms with E-state index in [4.69, 9.17) is 34.8 Å². The molecule has 0 saturated carbocycles. The lowest BCUT2D eigenvalue weighted by molar-refractivity contribution is 0.748. The van der Waals surface area contributed by atoms with Crippen LogP contribution in [0.1, 0.15) is 22.5 Å². The van der Waals surface area contributed by atoms with E-state index in [0.29, 0.717) is 16.6 Å². The first-order chi connectivity index (χ1) is 12.5. The monoisotopic (exact) mass is 405 g/mol. The molecule has 3 nitrogen and oxygen atoms in total. The van der Waals surface area contributed by atoms with Crippen LogP contribution in [-0.2, 0) is 6.54 Å². The van der Waals surface area contributed by atoms with E-state index >= 15 is 0 Å². The summed E-state index contributed by atoms with van der Waals surface area (Å²) in [6.07, 6.45) is 1.81. The third-order valence-electron chi connectivity index (χ3n) is 4.17. The molecule has 0 amide bonds. The molecule has 0 saturated heterocycles. The van der Waals surface area contributed by atoms with E-state index in [1.807, 2.05) is 42.5 Å². The molecular formula is C20H18Cl3N3. The molecule has 0 unspecified atom stereocenters. The van der Waals surface area contributed by atoms with Gasteiger partial charge in [-0.15, -0.1) is 0 Å². The van der Waals surface area contributed by atoms with Crippen LogP contribution in [0.2, 0.25) is 15.1 Å². The van der Waals surface area contributed by atoms with Gasteiger partial charge in [-0.2, -0.15) is 5.10 Å². The zero-order valence-electron chi connectivity index (χ0n) is 14.4. The van der Waals surface area contributed by atoms with Crippen LogP contribution >= 0.6 is 34.8 Å². The second-order valence-electron chi connectivity index (χ2n) is 5.93. The summed E-state index contributed by atoms with van der Waals surface area (Å²) in [6.45, 7) is 4.59. The molecule has 26 heavy (non-hydrogen) atoms. The quantitative estimate of drug-likeness (QED) is 0.398. The number of halogens is 3. The molecule has 0 radical (unpaired) electrons. The molecule has 6 heteroatoms. The summed E-state index contributed by atoms with van der Waals surface area (Å²) in [5.74, 6) is 0. The van der Waals surface area contributed by atoms with Gasteiger partial charge >= 0.3 is 0 Å². The zero-order chi connectivity index (χ0) is 18.7. The number of hydrazone groups is 1. The Kier molecular flexibility index (Phi) is 5.92. The predicted octanol–water partition coefficient (Wildman–Crippen LogP) is 6.18. The van der Waals surface area contributed by atoms with Gasteiger partial charge in [0.05, 0.1) is 12.8 Å². The molecule has 1 heterocycles. The summed E-state index contributed by atoms with van der Waals surface area (Å²) < 4.78 is 2.17. The van der Waals surface area contributed by atoms with Gasteiger partial charge in [0.25, 0.3) is 0 Å². The van der Waals surface area contributed by atoms with Crippen molar-refractivity contribution in [3.8, 4) is 5.69 Å². The highest BCUT2D eigenvalue weighted by Gasteiger charge is 2.09. The first-order valence-corrected chi connectivity index (χ1v) is 9.24. The van der Waals surface area contributed by atoms with E-state index in [1.165, 1.54) is 0 Å². The Morgan fingerprint density at radius 3 is 2.31 bits per heavy atom. The van der Waals surface area contributed by atoms with Crippen LogP contribution in [0.15, 0.2) is 53.6 Å². The van der Waals surface area contributed by atoms with Crippen LogP contribution < -0.4 is 5.43 Å². The minimum Gasteiger partial charge on any atom is -0.318 e. The number of hydrogen-bond acceptors (Lipinski definition) is 2. The third-order valence-corrected chi connectivity index (χ3v) is 5.13. The third kappa shape index (κ3) is 4.07. The summed E-state index contributed by atoms with van der Waals surface area (Å²) in [6, 6.07) is 15.3. The lowest BCUT2D eigenvalue weighted by Gasteiger charge is -2.09. The normalized spacial score (nSPS) is 11.3. The number of aromatic nitrogens is 1. The molecule has 1 aromatic heterocycles. The highest BCUT2D eigenvalue weighted by Crippen LogP contribution is 2.24. The van der Waals surface area contributed by atoms with Crippen molar-refractivity contribution in [1.82, 2.24) is 9.99 Å². The number of hydrogen-bond donors (Lipinski definition) is 1. The highest BCUT2D eigenvalue weighted by atomic mass is 35.5. The van der Waals surface area contributed by atoms with Crippen molar-refractivity contribution in [2.75, 3.05) is 0 Å². The number of rotatable bonds is 5. The molecule has 134 valence electrons. The molecular weight excluding hydrogens is 389 g/mol. The van der Waals surface area contributed by atoms with E-state index in [2.05, 4.69) is 35.0 Å². The molecule has 0 bridgehead atoms. The molecule has 0 fully saturated rings. The summed E-state index contributed by atoms with van der Waals surface area (Å²) in [4.78, 5) is 0. The number of aryl methyl sites for hydroxylation is 1. The van der Waals surface area contributed by atoms with Crippen LogP contribution in [0, 0.1) is 13.8 Å². The average Bonchev–Trinajstić information content (AvgIpc) is 2.89. The lowest BCUT2D eigenvalue weighted by atomic mass is 10.2. The van der Waals surface area contributed by atoms with Gasteiger partial charge in [-0.3, -0.25) is 0 Å². The Bertz CT molecular complexity index is 923. The minimum absolute atomic E-state index is 0.463. The number of nitrogens with one attached hydrogen (secondary N) is 1. The Morgan fingerprint density at radius 1 is 1.00 bits per heavy atom. The molecule has 0 aliphatic heterocycles. The van der Waals surface area contributed by atoms with Crippen molar-refractivity contribution < 1.29 is 0 Å². The average molecular weight is 407 g/mol. The van der Waals surface area contributed by atoms with Gasteiger partial charge < -0.3 is 9.99 Å². The predicted molar refractivity (Wildman–Crippen MR) is 111 cm³/mol. The zero-order valence-corrected chi connectivity index (χ0v) is 16.7. The van der Waals surface area contributed by atoms with E-state index in [9.17, 15) is 0 Å². The van der Waals surface area contributed by atoms with Gasteiger partial charge in [-0.05, 0) is 56.3 Å². The number of nitrogens with zero attached hydrogens (tertiary/aromatic N) is 2. The van der Waals surface area contributed by atoms with Gasteiger partial charge in [0.1, 0.15) is 0 Å². The first kappa shape index (κ1) is 18.8. The largest absolute Gasteiger partial charge is 0.318 e. The summed E-state index contributed by atoms with van der Waals surface area (Å²) in [5, 5.41) is 6.29. The van der Waals surface area contributed by atoms with Gasteiger partial charge in [0.2, 0.25) is 0 Å². The number of benzene rings is 2. The Labute approximate surface area is 168 Å². The van der Waals surface area contributed by atoms with E-state index in [-0.39, 0.29) is 0 Å². The molecule has 1 N–H and O–H groups in total. The van der Waals surface area contributed by atoms with Gasteiger partial charge in [-0.1, -0.05) is 40.9 Å². The molecule has 3 rings (SSSR count). The van der Waals surface area contributed by atoms with Crippen molar-refractivity contribution >= 4 is 41.0 Å². The smallest absolute Gasteiger partial charge is 0.0609 e. The maximum absolute atomic E-state index is 6.16. The second kappa shape index (κ2) is 8.17. The fraction of sp³-hybridized carbons (Fsp3) is 0.150. The van der Waals surface area contributed by atoms with Crippen LogP contribution in [0.4, 0.5) is 0 Å². The highest BCUT2D eigenvalue weighted by molar-refractivity contribution is 6.36. The summed E-state index contributed by atoms with van der Waals surface area (Å²) >= 11 is 18.3. The molecule has 0 atom stereocenters. The van der Waals surface area contributed by atoms with Crippen molar-refractivity contribution in [1.29, 1.82) is 0 Å². The van der Waals surface area contributed by atoms with Crippen molar-refractivity contribution in [3.05, 3.63) is 86.1 Å². The summed E-state index contributed by atoms with van der Waals surface area (Å²) in [5.41, 5.74) is 8.18. The SMILES string of the molecule is Cc1cc(/C=N\NCc2c(Cl)cccc2Cl)c(C)n1-c1ccc(Cl)cc1. The molecule has 2 aromatic carbocycles. The standard InChI is InChI=1S/C20H18Cl3N3/c1-13-10-15(14(2)26(13)17-8-6-16(21)7-9-17)11-24-25-12-18-19(22)4-3-5-20(18)23/h3-11,25H,12H2,1-2H3/b24-11-. The Morgan fingerprint density at radius 2 is 1.65 bits per heavy atom. The van der Waals surface area contributed by atoms with Crippen LogP contribution in [0.3, 0.4) is 0 Å². The fourth-order valence-electron chi connectivity index (χ4n) is 2.85. The Balaban J connectivity index is 1.75. The van der Waals surface area contributed by atoms with E-state index in [1.54, 1.807) is 6.21 Å². The first-order valence-electron chi connectivity index (χ1n) is 8.11. The van der Waals surface area contributed by atoms with Crippen LogP contribution in [0.25, 0.3) is 5.69 Å². The maximum Gasteiger partial charge on any atom is 0.0609 e. The topological polar surface area (TPSA) is 29.3 Å². The Hall–Kier alpha value is -1.94. The van der Waals surface area contributed by atoms with Crippen LogP contribution in [0.5, 0.6) is 0 Å². The van der Waals surface area contributed by atoms with E-state index < -0.39 is 0 Å². The second-order valence-corrected chi connectivity index (χ2v) is 7.18. The molecule has 0 spiro atoms. The van der Waals surface area contributed by atoms with Gasteiger partial charge in [0.15, 0.2) is 0 Å². The maximum atomic E-state index is 6.16. The molecule has 0 aliphatic carbocycles. The fourth-order valence-corrected chi connectivity index (χ4v) is 3.50. The van der Waals surface area contributed by atoms with Crippen LogP contribution in [-0.4, -0.2) is 10.8 Å².